The first-order chi connectivity index (χ1) is 8.38. The summed E-state index contributed by atoms with van der Waals surface area (Å²) in [6, 6.07) is 0.282. The predicted octanol–water partition coefficient (Wildman–Crippen LogP) is 0.272. The number of rotatable bonds is 6. The van der Waals surface area contributed by atoms with E-state index in [-0.39, 0.29) is 12.0 Å². The summed E-state index contributed by atoms with van der Waals surface area (Å²) in [5.41, 5.74) is 5.66. The summed E-state index contributed by atoms with van der Waals surface area (Å²) in [6.07, 6.45) is 1.01. The molecule has 0 aliphatic heterocycles. The molecule has 0 aromatic carbocycles. The van der Waals surface area contributed by atoms with Gasteiger partial charge in [0.1, 0.15) is 0 Å². The zero-order valence-corrected chi connectivity index (χ0v) is 11.8. The van der Waals surface area contributed by atoms with Gasteiger partial charge in [-0.15, -0.1) is 0 Å². The standard InChI is InChI=1S/C11H23N7/c1-8(6-7-17(2)3)13-10-14-9(12)15-11(16-10)18(4)5/h8H,6-7H2,1-5H3,(H3,12,13,14,15,16). The van der Waals surface area contributed by atoms with Crippen LogP contribution in [0.2, 0.25) is 0 Å². The lowest BCUT2D eigenvalue weighted by atomic mass is 10.2. The van der Waals surface area contributed by atoms with Gasteiger partial charge in [0.05, 0.1) is 0 Å². The van der Waals surface area contributed by atoms with Gasteiger partial charge in [0.15, 0.2) is 0 Å². The molecule has 1 atom stereocenters. The molecule has 0 spiro atoms. The van der Waals surface area contributed by atoms with Crippen molar-refractivity contribution in [3.05, 3.63) is 0 Å². The van der Waals surface area contributed by atoms with Crippen LogP contribution in [0.25, 0.3) is 0 Å². The zero-order valence-electron chi connectivity index (χ0n) is 11.8. The third kappa shape index (κ3) is 4.70. The van der Waals surface area contributed by atoms with Gasteiger partial charge in [0, 0.05) is 20.1 Å². The Morgan fingerprint density at radius 3 is 2.39 bits per heavy atom. The summed E-state index contributed by atoms with van der Waals surface area (Å²) >= 11 is 0. The van der Waals surface area contributed by atoms with Gasteiger partial charge in [-0.3, -0.25) is 0 Å². The van der Waals surface area contributed by atoms with Crippen molar-refractivity contribution in [3.63, 3.8) is 0 Å². The van der Waals surface area contributed by atoms with Crippen molar-refractivity contribution in [1.29, 1.82) is 0 Å². The Morgan fingerprint density at radius 1 is 1.17 bits per heavy atom. The number of nitrogens with two attached hydrogens (primary N) is 1. The summed E-state index contributed by atoms with van der Waals surface area (Å²) in [5, 5.41) is 3.24. The first-order valence-electron chi connectivity index (χ1n) is 5.98. The molecule has 0 saturated carbocycles. The number of nitrogens with one attached hydrogen (secondary N) is 1. The fourth-order valence-corrected chi connectivity index (χ4v) is 1.39. The first kappa shape index (κ1) is 14.4. The van der Waals surface area contributed by atoms with Gasteiger partial charge in [0.2, 0.25) is 17.8 Å². The van der Waals surface area contributed by atoms with E-state index in [0.717, 1.165) is 13.0 Å². The van der Waals surface area contributed by atoms with E-state index in [1.54, 1.807) is 4.90 Å². The van der Waals surface area contributed by atoms with Crippen LogP contribution < -0.4 is 16.0 Å². The molecule has 0 bridgehead atoms. The van der Waals surface area contributed by atoms with Gasteiger partial charge < -0.3 is 20.9 Å². The summed E-state index contributed by atoms with van der Waals surface area (Å²) < 4.78 is 0. The Balaban J connectivity index is 2.66. The van der Waals surface area contributed by atoms with Crippen LogP contribution in [0, 0.1) is 0 Å². The van der Waals surface area contributed by atoms with E-state index in [9.17, 15) is 0 Å². The number of aromatic nitrogens is 3. The summed E-state index contributed by atoms with van der Waals surface area (Å²) in [7, 11) is 7.84. The molecule has 0 fully saturated rings. The molecule has 7 heteroatoms. The average molecular weight is 253 g/mol. The third-order valence-electron chi connectivity index (χ3n) is 2.43. The highest BCUT2D eigenvalue weighted by atomic mass is 15.3. The molecule has 7 nitrogen and oxygen atoms in total. The second-order valence-corrected chi connectivity index (χ2v) is 4.85. The number of hydrogen-bond donors (Lipinski definition) is 2. The molecule has 0 saturated heterocycles. The minimum Gasteiger partial charge on any atom is -0.368 e. The molecule has 18 heavy (non-hydrogen) atoms. The first-order valence-corrected chi connectivity index (χ1v) is 5.98. The molecular weight excluding hydrogens is 230 g/mol. The van der Waals surface area contributed by atoms with Crippen LogP contribution in [0.5, 0.6) is 0 Å². The number of nitrogen functional groups attached to an aromatic ring is 1. The minimum absolute atomic E-state index is 0.232. The molecule has 0 amide bonds. The van der Waals surface area contributed by atoms with E-state index < -0.39 is 0 Å². The molecule has 1 heterocycles. The normalized spacial score (nSPS) is 12.6. The predicted molar refractivity (Wildman–Crippen MR) is 74.8 cm³/mol. The third-order valence-corrected chi connectivity index (χ3v) is 2.43. The van der Waals surface area contributed by atoms with Crippen molar-refractivity contribution in [2.75, 3.05) is 50.7 Å². The second kappa shape index (κ2) is 6.34. The van der Waals surface area contributed by atoms with Crippen LogP contribution in [-0.2, 0) is 0 Å². The highest BCUT2D eigenvalue weighted by molar-refractivity contribution is 5.41. The van der Waals surface area contributed by atoms with Crippen LogP contribution in [0.1, 0.15) is 13.3 Å². The Morgan fingerprint density at radius 2 is 1.83 bits per heavy atom. The summed E-state index contributed by atoms with van der Waals surface area (Å²) in [6.45, 7) is 3.11. The molecule has 0 radical (unpaired) electrons. The van der Waals surface area contributed by atoms with Crippen molar-refractivity contribution < 1.29 is 0 Å². The lowest BCUT2D eigenvalue weighted by Gasteiger charge is -2.18. The van der Waals surface area contributed by atoms with Crippen molar-refractivity contribution >= 4 is 17.8 Å². The van der Waals surface area contributed by atoms with Gasteiger partial charge in [-0.05, 0) is 34.0 Å². The maximum Gasteiger partial charge on any atom is 0.231 e. The topological polar surface area (TPSA) is 83.2 Å². The highest BCUT2D eigenvalue weighted by Gasteiger charge is 2.09. The SMILES string of the molecule is CC(CCN(C)C)Nc1nc(N)nc(N(C)C)n1. The lowest BCUT2D eigenvalue weighted by Crippen LogP contribution is -2.25. The second-order valence-electron chi connectivity index (χ2n) is 4.85. The van der Waals surface area contributed by atoms with Gasteiger partial charge in [0.25, 0.3) is 0 Å². The van der Waals surface area contributed by atoms with Crippen LogP contribution in [0.3, 0.4) is 0 Å². The smallest absolute Gasteiger partial charge is 0.231 e. The van der Waals surface area contributed by atoms with E-state index in [0.29, 0.717) is 11.9 Å². The molecular formula is C11H23N7. The maximum absolute atomic E-state index is 5.66. The Kier molecular flexibility index (Phi) is 5.08. The Labute approximate surface area is 108 Å². The molecule has 1 aromatic heterocycles. The van der Waals surface area contributed by atoms with Crippen LogP contribution in [0.15, 0.2) is 0 Å². The van der Waals surface area contributed by atoms with Crippen LogP contribution in [0.4, 0.5) is 17.8 Å². The fraction of sp³-hybridized carbons (Fsp3) is 0.727. The summed E-state index contributed by atoms with van der Waals surface area (Å²) in [4.78, 5) is 16.4. The Hall–Kier alpha value is -1.63. The van der Waals surface area contributed by atoms with Crippen LogP contribution in [-0.4, -0.2) is 60.6 Å². The highest BCUT2D eigenvalue weighted by Crippen LogP contribution is 2.10. The lowest BCUT2D eigenvalue weighted by molar-refractivity contribution is 0.390. The fourth-order valence-electron chi connectivity index (χ4n) is 1.39. The summed E-state index contributed by atoms with van der Waals surface area (Å²) in [5.74, 6) is 1.32. The van der Waals surface area contributed by atoms with Gasteiger partial charge >= 0.3 is 0 Å². The van der Waals surface area contributed by atoms with Crippen molar-refractivity contribution in [2.24, 2.45) is 0 Å². The van der Waals surface area contributed by atoms with Crippen molar-refractivity contribution in [1.82, 2.24) is 19.9 Å². The largest absolute Gasteiger partial charge is 0.368 e. The molecule has 1 unspecified atom stereocenters. The van der Waals surface area contributed by atoms with Gasteiger partial charge in [-0.25, -0.2) is 0 Å². The van der Waals surface area contributed by atoms with Gasteiger partial charge in [-0.2, -0.15) is 15.0 Å². The van der Waals surface area contributed by atoms with E-state index in [1.807, 2.05) is 14.1 Å². The Bertz CT molecular complexity index is 378. The van der Waals surface area contributed by atoms with Crippen molar-refractivity contribution in [2.45, 2.75) is 19.4 Å². The van der Waals surface area contributed by atoms with Crippen LogP contribution >= 0.6 is 0 Å². The molecule has 0 aliphatic carbocycles. The van der Waals surface area contributed by atoms with E-state index in [1.165, 1.54) is 0 Å². The molecule has 0 aliphatic rings. The molecule has 3 N–H and O–H groups in total. The number of hydrogen-bond acceptors (Lipinski definition) is 7. The quantitative estimate of drug-likeness (QED) is 0.753. The monoisotopic (exact) mass is 253 g/mol. The van der Waals surface area contributed by atoms with E-state index in [4.69, 9.17) is 5.73 Å². The molecule has 1 aromatic rings. The molecule has 102 valence electrons. The van der Waals surface area contributed by atoms with Gasteiger partial charge in [-0.1, -0.05) is 0 Å². The number of anilines is 3. The maximum atomic E-state index is 5.66. The zero-order chi connectivity index (χ0) is 13.7. The molecule has 1 rings (SSSR count). The number of nitrogens with zero attached hydrogens (tertiary/aromatic N) is 5. The van der Waals surface area contributed by atoms with E-state index in [2.05, 4.69) is 46.2 Å². The van der Waals surface area contributed by atoms with E-state index >= 15 is 0 Å². The van der Waals surface area contributed by atoms with Crippen molar-refractivity contribution in [3.8, 4) is 0 Å². The minimum atomic E-state index is 0.232. The average Bonchev–Trinajstić information content (AvgIpc) is 2.25.